The van der Waals surface area contributed by atoms with Gasteiger partial charge in [-0.3, -0.25) is 0 Å². The van der Waals surface area contributed by atoms with Gasteiger partial charge in [0.1, 0.15) is 0 Å². The molecule has 0 aliphatic rings. The lowest BCUT2D eigenvalue weighted by molar-refractivity contribution is 0.277. The second-order valence-electron chi connectivity index (χ2n) is 4.46. The van der Waals surface area contributed by atoms with E-state index < -0.39 is 0 Å². The summed E-state index contributed by atoms with van der Waals surface area (Å²) in [5, 5.41) is 15.2. The minimum Gasteiger partial charge on any atom is -0.490 e. The number of ether oxygens (including phenoxy) is 2. The molecule has 110 valence electrons. The van der Waals surface area contributed by atoms with Crippen molar-refractivity contribution in [2.75, 3.05) is 13.2 Å². The number of nitrogens with zero attached hydrogens (tertiary/aromatic N) is 3. The number of benzene rings is 1. The molecule has 2 heterocycles. The first-order chi connectivity index (χ1) is 10.3. The Kier molecular flexibility index (Phi) is 4.01. The predicted octanol–water partition coefficient (Wildman–Crippen LogP) is 3.27. The van der Waals surface area contributed by atoms with Crippen LogP contribution in [0.15, 0.2) is 18.2 Å². The summed E-state index contributed by atoms with van der Waals surface area (Å²) in [6, 6.07) is 6.06. The van der Waals surface area contributed by atoms with Gasteiger partial charge in [0.05, 0.1) is 18.1 Å². The van der Waals surface area contributed by atoms with Gasteiger partial charge in [-0.25, -0.2) is 0 Å². The maximum absolute atomic E-state index is 5.78. The molecule has 0 radical (unpaired) electrons. The lowest BCUT2D eigenvalue weighted by Crippen LogP contribution is -1.99. The van der Waals surface area contributed by atoms with E-state index in [1.807, 2.05) is 25.1 Å². The zero-order valence-corrected chi connectivity index (χ0v) is 12.7. The Labute approximate surface area is 126 Å². The lowest BCUT2D eigenvalue weighted by Gasteiger charge is -2.11. The summed E-state index contributed by atoms with van der Waals surface area (Å²) in [6.45, 7) is 5.33. The van der Waals surface area contributed by atoms with E-state index in [4.69, 9.17) is 9.47 Å². The van der Waals surface area contributed by atoms with Crippen molar-refractivity contribution in [2.24, 2.45) is 0 Å². The Hall–Kier alpha value is -2.15. The third kappa shape index (κ3) is 2.82. The summed E-state index contributed by atoms with van der Waals surface area (Å²) in [7, 11) is 0. The summed E-state index contributed by atoms with van der Waals surface area (Å²) in [4.78, 5) is 0.967. The number of fused-ring (bicyclic) bond motifs is 1. The molecule has 0 spiro atoms. The molecule has 1 aromatic carbocycles. The van der Waals surface area contributed by atoms with Gasteiger partial charge in [-0.2, -0.15) is 5.21 Å². The molecule has 0 bridgehead atoms. The number of tetrazole rings is 1. The maximum atomic E-state index is 5.78. The van der Waals surface area contributed by atoms with E-state index in [0.717, 1.165) is 32.9 Å². The van der Waals surface area contributed by atoms with Crippen LogP contribution in [0.25, 0.3) is 20.8 Å². The fourth-order valence-corrected chi connectivity index (χ4v) is 3.02. The number of H-pyrrole nitrogens is 1. The molecule has 0 fully saturated rings. The average molecular weight is 304 g/mol. The maximum Gasteiger partial charge on any atom is 0.214 e. The molecule has 1 N–H and O–H groups in total. The van der Waals surface area contributed by atoms with Crippen LogP contribution < -0.4 is 9.47 Å². The molecule has 0 unspecified atom stereocenters. The zero-order valence-electron chi connectivity index (χ0n) is 11.9. The molecule has 6 nitrogen and oxygen atoms in total. The fourth-order valence-electron chi connectivity index (χ4n) is 2.02. The normalized spacial score (nSPS) is 11.0. The third-order valence-corrected chi connectivity index (χ3v) is 4.00. The highest BCUT2D eigenvalue weighted by Crippen LogP contribution is 2.39. The molecule has 2 aromatic heterocycles. The van der Waals surface area contributed by atoms with Crippen LogP contribution in [-0.4, -0.2) is 33.8 Å². The van der Waals surface area contributed by atoms with E-state index in [1.54, 1.807) is 11.3 Å². The van der Waals surface area contributed by atoms with Crippen molar-refractivity contribution in [3.63, 3.8) is 0 Å². The number of aromatic amines is 1. The number of aromatic nitrogens is 4. The fraction of sp³-hybridized carbons (Fsp3) is 0.357. The summed E-state index contributed by atoms with van der Waals surface area (Å²) in [5.41, 5.74) is 0. The van der Waals surface area contributed by atoms with Crippen molar-refractivity contribution in [3.05, 3.63) is 18.2 Å². The van der Waals surface area contributed by atoms with E-state index in [-0.39, 0.29) is 0 Å². The number of rotatable bonds is 6. The highest BCUT2D eigenvalue weighted by atomic mass is 32.1. The molecule has 0 aliphatic carbocycles. The smallest absolute Gasteiger partial charge is 0.214 e. The number of hydrogen-bond donors (Lipinski definition) is 1. The van der Waals surface area contributed by atoms with Gasteiger partial charge in [0.15, 0.2) is 11.5 Å². The van der Waals surface area contributed by atoms with Gasteiger partial charge in [0.2, 0.25) is 5.82 Å². The average Bonchev–Trinajstić information content (AvgIpc) is 3.13. The van der Waals surface area contributed by atoms with Crippen LogP contribution >= 0.6 is 11.3 Å². The van der Waals surface area contributed by atoms with Crippen molar-refractivity contribution in [2.45, 2.75) is 20.3 Å². The molecule has 0 aliphatic heterocycles. The molecule has 0 saturated carbocycles. The van der Waals surface area contributed by atoms with Crippen molar-refractivity contribution in [1.82, 2.24) is 20.6 Å². The number of thiophene rings is 1. The van der Waals surface area contributed by atoms with Crippen molar-refractivity contribution < 1.29 is 9.47 Å². The Balaban J connectivity index is 2.03. The minimum absolute atomic E-state index is 0.602. The van der Waals surface area contributed by atoms with Crippen LogP contribution in [0.3, 0.4) is 0 Å². The van der Waals surface area contributed by atoms with Crippen LogP contribution in [0.1, 0.15) is 20.3 Å². The van der Waals surface area contributed by atoms with Crippen LogP contribution in [0.2, 0.25) is 0 Å². The quantitative estimate of drug-likeness (QED) is 0.756. The Morgan fingerprint density at radius 3 is 2.71 bits per heavy atom. The monoisotopic (exact) mass is 304 g/mol. The van der Waals surface area contributed by atoms with Gasteiger partial charge in [-0.1, -0.05) is 6.92 Å². The highest BCUT2D eigenvalue weighted by Gasteiger charge is 2.13. The summed E-state index contributed by atoms with van der Waals surface area (Å²) in [5.74, 6) is 2.16. The first kappa shape index (κ1) is 13.8. The molecule has 0 amide bonds. The van der Waals surface area contributed by atoms with Crippen LogP contribution in [0, 0.1) is 0 Å². The largest absolute Gasteiger partial charge is 0.490 e. The van der Waals surface area contributed by atoms with E-state index in [9.17, 15) is 0 Å². The van der Waals surface area contributed by atoms with Gasteiger partial charge in [-0.15, -0.1) is 21.5 Å². The summed E-state index contributed by atoms with van der Waals surface area (Å²) < 4.78 is 12.6. The van der Waals surface area contributed by atoms with Gasteiger partial charge >= 0.3 is 0 Å². The summed E-state index contributed by atoms with van der Waals surface area (Å²) >= 11 is 1.61. The Morgan fingerprint density at radius 1 is 1.14 bits per heavy atom. The van der Waals surface area contributed by atoms with Gasteiger partial charge < -0.3 is 9.47 Å². The lowest BCUT2D eigenvalue weighted by atomic mass is 10.2. The van der Waals surface area contributed by atoms with Crippen molar-refractivity contribution in [1.29, 1.82) is 0 Å². The molecule has 0 saturated heterocycles. The highest BCUT2D eigenvalue weighted by molar-refractivity contribution is 7.22. The zero-order chi connectivity index (χ0) is 14.7. The van der Waals surface area contributed by atoms with E-state index in [1.165, 1.54) is 0 Å². The third-order valence-electron chi connectivity index (χ3n) is 2.91. The molecular weight excluding hydrogens is 288 g/mol. The van der Waals surface area contributed by atoms with Crippen LogP contribution in [0.4, 0.5) is 0 Å². The first-order valence-electron chi connectivity index (χ1n) is 6.88. The Bertz CT molecular complexity index is 724. The summed E-state index contributed by atoms with van der Waals surface area (Å²) in [6.07, 6.45) is 0.960. The topological polar surface area (TPSA) is 72.9 Å². The standard InChI is InChI=1S/C14H16N4O2S/c1-3-5-20-10-6-9-7-13(14-15-17-18-16-14)21-12(9)8-11(10)19-4-2/h6-8H,3-5H2,1-2H3,(H,15,16,17,18). The molecule has 3 aromatic rings. The SMILES string of the molecule is CCCOc1cc2cc(-c3nn[nH]n3)sc2cc1OCC. The second kappa shape index (κ2) is 6.09. The van der Waals surface area contributed by atoms with Crippen LogP contribution in [-0.2, 0) is 0 Å². The van der Waals surface area contributed by atoms with Crippen LogP contribution in [0.5, 0.6) is 11.5 Å². The van der Waals surface area contributed by atoms with Crippen molar-refractivity contribution >= 4 is 21.4 Å². The molecule has 21 heavy (non-hydrogen) atoms. The number of hydrogen-bond acceptors (Lipinski definition) is 6. The van der Waals surface area contributed by atoms with Gasteiger partial charge in [0.25, 0.3) is 0 Å². The van der Waals surface area contributed by atoms with Gasteiger partial charge in [-0.05, 0) is 36.1 Å². The molecule has 3 rings (SSSR count). The van der Waals surface area contributed by atoms with E-state index in [2.05, 4.69) is 27.5 Å². The second-order valence-corrected chi connectivity index (χ2v) is 5.55. The Morgan fingerprint density at radius 2 is 2.00 bits per heavy atom. The molecule has 7 heteroatoms. The molecular formula is C14H16N4O2S. The van der Waals surface area contributed by atoms with E-state index >= 15 is 0 Å². The minimum atomic E-state index is 0.602. The van der Waals surface area contributed by atoms with E-state index in [0.29, 0.717) is 19.0 Å². The number of nitrogens with one attached hydrogen (secondary N) is 1. The van der Waals surface area contributed by atoms with Crippen molar-refractivity contribution in [3.8, 4) is 22.2 Å². The first-order valence-corrected chi connectivity index (χ1v) is 7.70. The predicted molar refractivity (Wildman–Crippen MR) is 82.0 cm³/mol. The van der Waals surface area contributed by atoms with Gasteiger partial charge in [0, 0.05) is 10.8 Å². The molecule has 0 atom stereocenters.